The normalized spacial score (nSPS) is 22.6. The summed E-state index contributed by atoms with van der Waals surface area (Å²) in [5.74, 6) is 1.56. The topological polar surface area (TPSA) is 89.4 Å². The lowest BCUT2D eigenvalue weighted by Crippen LogP contribution is -2.51. The minimum atomic E-state index is 0.0888. The molecule has 0 aliphatic carbocycles. The van der Waals surface area contributed by atoms with E-state index in [9.17, 15) is 4.79 Å². The van der Waals surface area contributed by atoms with Gasteiger partial charge < -0.3 is 15.2 Å². The Morgan fingerprint density at radius 2 is 1.96 bits per heavy atom. The van der Waals surface area contributed by atoms with E-state index in [0.717, 1.165) is 43.1 Å². The number of hydrogen-bond acceptors (Lipinski definition) is 4. The van der Waals surface area contributed by atoms with E-state index in [2.05, 4.69) is 19.9 Å². The van der Waals surface area contributed by atoms with Crippen LogP contribution < -0.4 is 11.3 Å². The second-order valence-electron chi connectivity index (χ2n) is 7.02. The SMILES string of the molecule is Cc1cc(C)nc(N=C(N)N2C[C@@H]3C[C@@H](C2)c2cccc(=O)n2C3)n1. The standard InChI is InChI=1S/C18H22N6O/c1-11-6-12(2)21-18(20-11)22-17(19)23-8-13-7-14(10-23)15-4-3-5-16(25)24(15)9-13/h3-6,13-14H,7-10H2,1-2H3,(H2,19,20,21,22)/t13-,14-/m0/s1. The molecule has 0 spiro atoms. The maximum absolute atomic E-state index is 12.1. The van der Waals surface area contributed by atoms with Crippen molar-refractivity contribution in [2.75, 3.05) is 13.1 Å². The van der Waals surface area contributed by atoms with Gasteiger partial charge in [-0.05, 0) is 38.3 Å². The van der Waals surface area contributed by atoms with Gasteiger partial charge >= 0.3 is 0 Å². The van der Waals surface area contributed by atoms with Gasteiger partial charge in [0.05, 0.1) is 0 Å². The predicted molar refractivity (Wildman–Crippen MR) is 95.9 cm³/mol. The number of rotatable bonds is 1. The average Bonchev–Trinajstić information content (AvgIpc) is 2.55. The number of aryl methyl sites for hydroxylation is 2. The first-order valence-electron chi connectivity index (χ1n) is 8.61. The molecule has 2 atom stereocenters. The van der Waals surface area contributed by atoms with Gasteiger partial charge in [-0.15, -0.1) is 0 Å². The Balaban J connectivity index is 1.61. The maximum Gasteiger partial charge on any atom is 0.253 e. The van der Waals surface area contributed by atoms with Crippen molar-refractivity contribution in [3.63, 3.8) is 0 Å². The molecule has 2 aromatic heterocycles. The van der Waals surface area contributed by atoms with Gasteiger partial charge in [-0.1, -0.05) is 6.07 Å². The number of piperidine rings is 1. The van der Waals surface area contributed by atoms with Crippen LogP contribution in [0.4, 0.5) is 5.95 Å². The van der Waals surface area contributed by atoms with E-state index >= 15 is 0 Å². The fourth-order valence-electron chi connectivity index (χ4n) is 4.01. The zero-order chi connectivity index (χ0) is 17.6. The summed E-state index contributed by atoms with van der Waals surface area (Å²) in [5.41, 5.74) is 9.21. The van der Waals surface area contributed by atoms with Crippen molar-refractivity contribution in [1.82, 2.24) is 19.4 Å². The van der Waals surface area contributed by atoms with Gasteiger partial charge in [-0.3, -0.25) is 4.79 Å². The molecule has 2 bridgehead atoms. The molecule has 0 amide bonds. The lowest BCUT2D eigenvalue weighted by atomic mass is 9.83. The van der Waals surface area contributed by atoms with Gasteiger partial charge in [0.2, 0.25) is 0 Å². The molecule has 2 aliphatic heterocycles. The molecule has 4 rings (SSSR count). The van der Waals surface area contributed by atoms with Crippen molar-refractivity contribution in [2.45, 2.75) is 32.7 Å². The Hall–Kier alpha value is -2.70. The Morgan fingerprint density at radius 1 is 1.20 bits per heavy atom. The van der Waals surface area contributed by atoms with Crippen LogP contribution in [0.2, 0.25) is 0 Å². The van der Waals surface area contributed by atoms with Crippen LogP contribution >= 0.6 is 0 Å². The van der Waals surface area contributed by atoms with Crippen LogP contribution in [0.15, 0.2) is 34.1 Å². The van der Waals surface area contributed by atoms with Gasteiger partial charge in [-0.2, -0.15) is 4.99 Å². The smallest absolute Gasteiger partial charge is 0.253 e. The van der Waals surface area contributed by atoms with Crippen LogP contribution in [0.25, 0.3) is 0 Å². The molecule has 2 N–H and O–H groups in total. The molecule has 7 heteroatoms. The Kier molecular flexibility index (Phi) is 3.78. The largest absolute Gasteiger partial charge is 0.369 e. The van der Waals surface area contributed by atoms with Crippen molar-refractivity contribution in [3.8, 4) is 0 Å². The highest BCUT2D eigenvalue weighted by Crippen LogP contribution is 2.34. The quantitative estimate of drug-likeness (QED) is 0.626. The highest BCUT2D eigenvalue weighted by atomic mass is 16.1. The summed E-state index contributed by atoms with van der Waals surface area (Å²) in [6, 6.07) is 7.44. The lowest BCUT2D eigenvalue weighted by molar-refractivity contribution is 0.177. The third-order valence-corrected chi connectivity index (χ3v) is 4.99. The monoisotopic (exact) mass is 338 g/mol. The second kappa shape index (κ2) is 5.98. The minimum absolute atomic E-state index is 0.0888. The van der Waals surface area contributed by atoms with Gasteiger partial charge in [0.25, 0.3) is 11.5 Å². The third-order valence-electron chi connectivity index (χ3n) is 4.99. The lowest BCUT2D eigenvalue weighted by Gasteiger charge is -2.43. The first-order chi connectivity index (χ1) is 12.0. The van der Waals surface area contributed by atoms with Crippen LogP contribution in [0.3, 0.4) is 0 Å². The number of aromatic nitrogens is 3. The minimum Gasteiger partial charge on any atom is -0.369 e. The molecule has 0 saturated carbocycles. The van der Waals surface area contributed by atoms with E-state index < -0.39 is 0 Å². The summed E-state index contributed by atoms with van der Waals surface area (Å²) in [6.45, 7) is 6.15. The molecule has 0 radical (unpaired) electrons. The molecule has 7 nitrogen and oxygen atoms in total. The fraction of sp³-hybridized carbons (Fsp3) is 0.444. The first-order valence-corrected chi connectivity index (χ1v) is 8.61. The third kappa shape index (κ3) is 3.01. The van der Waals surface area contributed by atoms with Crippen LogP contribution in [-0.2, 0) is 6.54 Å². The highest BCUT2D eigenvalue weighted by molar-refractivity contribution is 5.80. The molecular weight excluding hydrogens is 316 g/mol. The number of hydrogen-bond donors (Lipinski definition) is 1. The molecular formula is C18H22N6O. The van der Waals surface area contributed by atoms with Crippen molar-refractivity contribution in [3.05, 3.63) is 51.7 Å². The Morgan fingerprint density at radius 3 is 2.72 bits per heavy atom. The maximum atomic E-state index is 12.1. The molecule has 0 aromatic carbocycles. The summed E-state index contributed by atoms with van der Waals surface area (Å²) < 4.78 is 1.91. The average molecular weight is 338 g/mol. The number of nitrogens with zero attached hydrogens (tertiary/aromatic N) is 5. The van der Waals surface area contributed by atoms with Crippen LogP contribution in [-0.4, -0.2) is 38.5 Å². The van der Waals surface area contributed by atoms with Gasteiger partial charge in [0.15, 0.2) is 5.96 Å². The molecule has 2 aliphatic rings. The van der Waals surface area contributed by atoms with E-state index in [-0.39, 0.29) is 5.56 Å². The van der Waals surface area contributed by atoms with E-state index in [1.54, 1.807) is 6.07 Å². The number of guanidine groups is 1. The summed E-state index contributed by atoms with van der Waals surface area (Å²) in [4.78, 5) is 27.3. The highest BCUT2D eigenvalue weighted by Gasteiger charge is 2.35. The number of pyridine rings is 1. The van der Waals surface area contributed by atoms with Crippen molar-refractivity contribution in [1.29, 1.82) is 0 Å². The second-order valence-corrected chi connectivity index (χ2v) is 7.02. The zero-order valence-electron chi connectivity index (χ0n) is 14.5. The fourth-order valence-corrected chi connectivity index (χ4v) is 4.01. The van der Waals surface area contributed by atoms with E-state index in [1.165, 1.54) is 0 Å². The number of nitrogens with two attached hydrogens (primary N) is 1. The molecule has 25 heavy (non-hydrogen) atoms. The Bertz CT molecular complexity index is 882. The van der Waals surface area contributed by atoms with Crippen LogP contribution in [0.5, 0.6) is 0 Å². The molecule has 130 valence electrons. The molecule has 1 fully saturated rings. The van der Waals surface area contributed by atoms with Crippen LogP contribution in [0, 0.1) is 19.8 Å². The van der Waals surface area contributed by atoms with Crippen LogP contribution in [0.1, 0.15) is 29.4 Å². The number of likely N-dealkylation sites (tertiary alicyclic amines) is 1. The molecule has 0 unspecified atom stereocenters. The summed E-state index contributed by atoms with van der Waals surface area (Å²) >= 11 is 0. The molecule has 4 heterocycles. The summed E-state index contributed by atoms with van der Waals surface area (Å²) in [6.07, 6.45) is 1.09. The first kappa shape index (κ1) is 15.8. The number of fused-ring (bicyclic) bond motifs is 4. The van der Waals surface area contributed by atoms with E-state index in [1.807, 2.05) is 36.6 Å². The molecule has 2 aromatic rings. The summed E-state index contributed by atoms with van der Waals surface area (Å²) in [7, 11) is 0. The Labute approximate surface area is 146 Å². The van der Waals surface area contributed by atoms with Gasteiger partial charge in [-0.25, -0.2) is 9.97 Å². The van der Waals surface area contributed by atoms with Crippen molar-refractivity contribution in [2.24, 2.45) is 16.6 Å². The summed E-state index contributed by atoms with van der Waals surface area (Å²) in [5, 5.41) is 0. The zero-order valence-corrected chi connectivity index (χ0v) is 14.5. The van der Waals surface area contributed by atoms with E-state index in [0.29, 0.717) is 23.7 Å². The van der Waals surface area contributed by atoms with Gasteiger partial charge in [0, 0.05) is 48.7 Å². The molecule has 1 saturated heterocycles. The predicted octanol–water partition coefficient (Wildman–Crippen LogP) is 1.32. The van der Waals surface area contributed by atoms with Crippen molar-refractivity contribution < 1.29 is 0 Å². The van der Waals surface area contributed by atoms with Crippen molar-refractivity contribution >= 4 is 11.9 Å². The number of aliphatic imine (C=N–C) groups is 1. The van der Waals surface area contributed by atoms with E-state index in [4.69, 9.17) is 5.73 Å². The van der Waals surface area contributed by atoms with Gasteiger partial charge in [0.1, 0.15) is 0 Å².